The average Bonchev–Trinajstić information content (AvgIpc) is 2.75. The molecule has 1 saturated heterocycles. The first-order valence-electron chi connectivity index (χ1n) is 11.0. The van der Waals surface area contributed by atoms with Gasteiger partial charge in [0.05, 0.1) is 25.3 Å². The Morgan fingerprint density at radius 3 is 2.42 bits per heavy atom. The van der Waals surface area contributed by atoms with E-state index in [1.807, 2.05) is 13.0 Å². The molecule has 0 bridgehead atoms. The normalized spacial score (nSPS) is 20.3. The third kappa shape index (κ3) is 5.77. The fraction of sp³-hybridized carbons (Fsp3) is 0.565. The summed E-state index contributed by atoms with van der Waals surface area (Å²) in [5, 5.41) is 5.67. The Bertz CT molecular complexity index is 831. The molecule has 1 aromatic carbocycles. The summed E-state index contributed by atoms with van der Waals surface area (Å²) in [6.07, 6.45) is 0.636. The average molecular weight is 431 g/mol. The van der Waals surface area contributed by atoms with Gasteiger partial charge in [-0.15, -0.1) is 0 Å². The van der Waals surface area contributed by atoms with Crippen LogP contribution in [0.25, 0.3) is 0 Å². The molecule has 2 N–H and O–H groups in total. The molecular weight excluding hydrogens is 396 g/mol. The number of methoxy groups -OCH3 is 1. The molecule has 1 aromatic rings. The molecule has 2 amide bonds. The number of carbonyl (C=O) groups is 2. The van der Waals surface area contributed by atoms with E-state index in [9.17, 15) is 9.59 Å². The van der Waals surface area contributed by atoms with Crippen LogP contribution in [0, 0.1) is 6.92 Å². The van der Waals surface area contributed by atoms with Gasteiger partial charge in [0.25, 0.3) is 0 Å². The largest absolute Gasteiger partial charge is 0.496 e. The summed E-state index contributed by atoms with van der Waals surface area (Å²) < 4.78 is 10.8. The minimum Gasteiger partial charge on any atom is -0.496 e. The smallest absolute Gasteiger partial charge is 0.337 e. The number of rotatable bonds is 8. The van der Waals surface area contributed by atoms with E-state index < -0.39 is 0 Å². The van der Waals surface area contributed by atoms with E-state index in [-0.39, 0.29) is 18.0 Å². The van der Waals surface area contributed by atoms with Gasteiger partial charge in [-0.2, -0.15) is 0 Å². The van der Waals surface area contributed by atoms with Gasteiger partial charge in [0.2, 0.25) is 0 Å². The van der Waals surface area contributed by atoms with Crippen LogP contribution in [0.4, 0.5) is 4.79 Å². The summed E-state index contributed by atoms with van der Waals surface area (Å²) >= 11 is 0. The summed E-state index contributed by atoms with van der Waals surface area (Å²) in [6, 6.07) is 5.68. The van der Waals surface area contributed by atoms with E-state index in [1.165, 1.54) is 11.1 Å². The molecule has 3 rings (SSSR count). The maximum absolute atomic E-state index is 12.6. The molecule has 0 radical (unpaired) electrons. The van der Waals surface area contributed by atoms with Crippen LogP contribution < -0.4 is 15.4 Å². The van der Waals surface area contributed by atoms with E-state index in [0.29, 0.717) is 30.8 Å². The van der Waals surface area contributed by atoms with E-state index in [0.717, 1.165) is 38.5 Å². The Morgan fingerprint density at radius 1 is 1.13 bits per heavy atom. The van der Waals surface area contributed by atoms with Crippen LogP contribution in [0.5, 0.6) is 5.75 Å². The van der Waals surface area contributed by atoms with Crippen molar-refractivity contribution in [1.82, 2.24) is 20.4 Å². The first kappa shape index (κ1) is 23.1. The molecule has 31 heavy (non-hydrogen) atoms. The predicted molar refractivity (Wildman–Crippen MR) is 119 cm³/mol. The number of piperazine rings is 1. The standard InChI is InChI=1S/C23H34N4O4/c1-5-18-21(22(28)31-6-2)19(25-23(29)24-18)15-27-11-9-26(10-12-27)14-17-13-16(3)7-8-20(17)30-4/h7-8,13,18H,5-6,9-12,14-15H2,1-4H3,(H2,24,25,29). The number of esters is 1. The molecule has 0 spiro atoms. The lowest BCUT2D eigenvalue weighted by atomic mass is 10.00. The highest BCUT2D eigenvalue weighted by molar-refractivity contribution is 5.94. The Kier molecular flexibility index (Phi) is 7.92. The number of nitrogens with zero attached hydrogens (tertiary/aromatic N) is 2. The van der Waals surface area contributed by atoms with Crippen LogP contribution in [0.1, 0.15) is 31.4 Å². The third-order valence-corrected chi connectivity index (χ3v) is 5.82. The van der Waals surface area contributed by atoms with Crippen LogP contribution >= 0.6 is 0 Å². The van der Waals surface area contributed by atoms with Crippen molar-refractivity contribution in [2.45, 2.75) is 39.8 Å². The SMILES string of the molecule is CCOC(=O)C1=C(CN2CCN(Cc3cc(C)ccc3OC)CC2)NC(=O)NC1CC. The van der Waals surface area contributed by atoms with Gasteiger partial charge in [-0.25, -0.2) is 9.59 Å². The zero-order chi connectivity index (χ0) is 22.4. The summed E-state index contributed by atoms with van der Waals surface area (Å²) in [5.41, 5.74) is 3.61. The van der Waals surface area contributed by atoms with Gasteiger partial charge in [-0.05, 0) is 26.3 Å². The maximum Gasteiger partial charge on any atom is 0.337 e. The number of benzene rings is 1. The lowest BCUT2D eigenvalue weighted by Crippen LogP contribution is -2.53. The van der Waals surface area contributed by atoms with Crippen molar-refractivity contribution in [3.8, 4) is 5.75 Å². The molecule has 0 aliphatic carbocycles. The number of hydrogen-bond donors (Lipinski definition) is 2. The van der Waals surface area contributed by atoms with Crippen molar-refractivity contribution in [2.24, 2.45) is 0 Å². The van der Waals surface area contributed by atoms with Gasteiger partial charge in [-0.1, -0.05) is 24.6 Å². The summed E-state index contributed by atoms with van der Waals surface area (Å²) in [7, 11) is 1.71. The maximum atomic E-state index is 12.6. The minimum absolute atomic E-state index is 0.264. The van der Waals surface area contributed by atoms with Crippen molar-refractivity contribution in [1.29, 1.82) is 0 Å². The van der Waals surface area contributed by atoms with Crippen LogP contribution in [0.2, 0.25) is 0 Å². The monoisotopic (exact) mass is 430 g/mol. The zero-order valence-electron chi connectivity index (χ0n) is 19.0. The van der Waals surface area contributed by atoms with Crippen LogP contribution in [0.15, 0.2) is 29.5 Å². The van der Waals surface area contributed by atoms with E-state index >= 15 is 0 Å². The van der Waals surface area contributed by atoms with Crippen LogP contribution in [-0.4, -0.2) is 74.3 Å². The van der Waals surface area contributed by atoms with Gasteiger partial charge >= 0.3 is 12.0 Å². The second-order valence-corrected chi connectivity index (χ2v) is 8.04. The van der Waals surface area contributed by atoms with Crippen molar-refractivity contribution < 1.29 is 19.1 Å². The number of urea groups is 1. The third-order valence-electron chi connectivity index (χ3n) is 5.82. The Balaban J connectivity index is 1.65. The molecule has 170 valence electrons. The van der Waals surface area contributed by atoms with Crippen molar-refractivity contribution in [2.75, 3.05) is 46.4 Å². The lowest BCUT2D eigenvalue weighted by molar-refractivity contribution is -0.139. The van der Waals surface area contributed by atoms with E-state index in [1.54, 1.807) is 14.0 Å². The van der Waals surface area contributed by atoms with Crippen molar-refractivity contribution in [3.63, 3.8) is 0 Å². The Morgan fingerprint density at radius 2 is 1.81 bits per heavy atom. The molecular formula is C23H34N4O4. The van der Waals surface area contributed by atoms with E-state index in [4.69, 9.17) is 9.47 Å². The Labute approximate surface area is 184 Å². The number of nitrogens with one attached hydrogen (secondary N) is 2. The summed E-state index contributed by atoms with van der Waals surface area (Å²) in [4.78, 5) is 29.3. The molecule has 1 unspecified atom stereocenters. The fourth-order valence-electron chi connectivity index (χ4n) is 4.19. The summed E-state index contributed by atoms with van der Waals surface area (Å²) in [5.74, 6) is 0.558. The minimum atomic E-state index is -0.359. The number of ether oxygens (including phenoxy) is 2. The number of aryl methyl sites for hydroxylation is 1. The topological polar surface area (TPSA) is 83.1 Å². The second-order valence-electron chi connectivity index (χ2n) is 8.04. The van der Waals surface area contributed by atoms with Crippen molar-refractivity contribution >= 4 is 12.0 Å². The highest BCUT2D eigenvalue weighted by atomic mass is 16.5. The molecule has 0 saturated carbocycles. The fourth-order valence-corrected chi connectivity index (χ4v) is 4.19. The quantitative estimate of drug-likeness (QED) is 0.614. The first-order valence-corrected chi connectivity index (χ1v) is 11.0. The van der Waals surface area contributed by atoms with Gasteiger partial charge in [-0.3, -0.25) is 9.80 Å². The lowest BCUT2D eigenvalue weighted by Gasteiger charge is -2.37. The molecule has 1 atom stereocenters. The van der Waals surface area contributed by atoms with Gasteiger partial charge < -0.3 is 20.1 Å². The first-order chi connectivity index (χ1) is 14.9. The predicted octanol–water partition coefficient (Wildman–Crippen LogP) is 2.03. The van der Waals surface area contributed by atoms with Gasteiger partial charge in [0.1, 0.15) is 5.75 Å². The molecule has 2 heterocycles. The zero-order valence-corrected chi connectivity index (χ0v) is 19.0. The second kappa shape index (κ2) is 10.6. The molecule has 2 aliphatic heterocycles. The molecule has 8 nitrogen and oxygen atoms in total. The highest BCUT2D eigenvalue weighted by Gasteiger charge is 2.32. The number of carbonyl (C=O) groups excluding carboxylic acids is 2. The van der Waals surface area contributed by atoms with Crippen LogP contribution in [0.3, 0.4) is 0 Å². The van der Waals surface area contributed by atoms with E-state index in [2.05, 4.69) is 39.5 Å². The van der Waals surface area contributed by atoms with Gasteiger partial charge in [0, 0.05) is 50.5 Å². The summed E-state index contributed by atoms with van der Waals surface area (Å²) in [6.45, 7) is 11.0. The Hall–Kier alpha value is -2.58. The molecule has 8 heteroatoms. The van der Waals surface area contributed by atoms with Gasteiger partial charge in [0.15, 0.2) is 0 Å². The van der Waals surface area contributed by atoms with Crippen molar-refractivity contribution in [3.05, 3.63) is 40.6 Å². The number of hydrogen-bond acceptors (Lipinski definition) is 6. The molecule has 2 aliphatic rings. The highest BCUT2D eigenvalue weighted by Crippen LogP contribution is 2.23. The molecule has 1 fully saturated rings. The van der Waals surface area contributed by atoms with Crippen LogP contribution in [-0.2, 0) is 16.1 Å². The number of amides is 2. The molecule has 0 aromatic heterocycles.